The number of likely N-dealkylation sites (tertiary alicyclic amines) is 1. The van der Waals surface area contributed by atoms with Crippen molar-refractivity contribution < 1.29 is 9.28 Å². The predicted octanol–water partition coefficient (Wildman–Crippen LogP) is 4.60. The van der Waals surface area contributed by atoms with E-state index in [1.54, 1.807) is 0 Å². The van der Waals surface area contributed by atoms with E-state index in [0.717, 1.165) is 40.9 Å². The maximum atomic E-state index is 12.8. The van der Waals surface area contributed by atoms with Crippen molar-refractivity contribution in [3.8, 4) is 0 Å². The van der Waals surface area contributed by atoms with Crippen LogP contribution in [0.1, 0.15) is 29.5 Å². The molecule has 3 rings (SSSR count). The van der Waals surface area contributed by atoms with E-state index >= 15 is 0 Å². The predicted molar refractivity (Wildman–Crippen MR) is 105 cm³/mol. The Kier molecular flexibility index (Phi) is 5.39. The van der Waals surface area contributed by atoms with E-state index in [-0.39, 0.29) is 5.91 Å². The number of amides is 1. The number of carbonyl (C=O) groups is 1. The number of rotatable bonds is 5. The van der Waals surface area contributed by atoms with E-state index in [0.29, 0.717) is 12.2 Å². The molecule has 0 atom stereocenters. The standard InChI is InChI=1S/C22H25N3O/c1-17-13-20(23-3)14-18(2)22(17)24-21(26)16-25(11-7-8-12-25)15-19-9-5-4-6-10-19/h4-6,9-10,13-14H,7-8,11-12,15-16H2,1-2H3/p+1. The number of hydrogen-bond donors (Lipinski definition) is 1. The molecule has 2 aromatic carbocycles. The third-order valence-electron chi connectivity index (χ3n) is 5.27. The first-order valence-corrected chi connectivity index (χ1v) is 9.19. The third-order valence-corrected chi connectivity index (χ3v) is 5.27. The highest BCUT2D eigenvalue weighted by Gasteiger charge is 2.34. The lowest BCUT2D eigenvalue weighted by molar-refractivity contribution is -0.922. The molecule has 1 aliphatic rings. The molecule has 0 spiro atoms. The minimum atomic E-state index is 0.0598. The lowest BCUT2D eigenvalue weighted by Crippen LogP contribution is -2.49. The fourth-order valence-corrected chi connectivity index (χ4v) is 4.04. The zero-order valence-electron chi connectivity index (χ0n) is 15.6. The van der Waals surface area contributed by atoms with Gasteiger partial charge in [-0.05, 0) is 25.0 Å². The summed E-state index contributed by atoms with van der Waals surface area (Å²) in [6, 6.07) is 14.1. The molecule has 0 aromatic heterocycles. The quantitative estimate of drug-likeness (QED) is 0.621. The number of nitrogens with one attached hydrogen (secondary N) is 1. The fourth-order valence-electron chi connectivity index (χ4n) is 4.04. The Hall–Kier alpha value is -2.64. The number of carbonyl (C=O) groups excluding carboxylic acids is 1. The Morgan fingerprint density at radius 3 is 2.31 bits per heavy atom. The second kappa shape index (κ2) is 7.72. The van der Waals surface area contributed by atoms with Gasteiger partial charge in [-0.2, -0.15) is 0 Å². The average molecular weight is 348 g/mol. The number of benzene rings is 2. The molecule has 1 N–H and O–H groups in total. The Morgan fingerprint density at radius 1 is 1.12 bits per heavy atom. The van der Waals surface area contributed by atoms with Gasteiger partial charge in [0.2, 0.25) is 0 Å². The lowest BCUT2D eigenvalue weighted by atomic mass is 10.1. The molecule has 1 aliphatic heterocycles. The van der Waals surface area contributed by atoms with Gasteiger partial charge in [0.1, 0.15) is 6.54 Å². The highest BCUT2D eigenvalue weighted by atomic mass is 16.2. The normalized spacial score (nSPS) is 15.4. The SMILES string of the molecule is [C-]#[N+]c1cc(C)c(NC(=O)C[N+]2(Cc3ccccc3)CCCC2)c(C)c1. The van der Waals surface area contributed by atoms with Gasteiger partial charge in [-0.3, -0.25) is 4.79 Å². The second-order valence-corrected chi connectivity index (χ2v) is 7.41. The van der Waals surface area contributed by atoms with Crippen LogP contribution >= 0.6 is 0 Å². The molecule has 134 valence electrons. The van der Waals surface area contributed by atoms with E-state index in [9.17, 15) is 4.79 Å². The van der Waals surface area contributed by atoms with Crippen LogP contribution in [-0.2, 0) is 11.3 Å². The highest BCUT2D eigenvalue weighted by molar-refractivity contribution is 5.93. The molecule has 26 heavy (non-hydrogen) atoms. The maximum Gasteiger partial charge on any atom is 0.279 e. The Balaban J connectivity index is 1.74. The van der Waals surface area contributed by atoms with Crippen LogP contribution in [-0.4, -0.2) is 30.0 Å². The zero-order valence-corrected chi connectivity index (χ0v) is 15.6. The van der Waals surface area contributed by atoms with Gasteiger partial charge in [0.15, 0.2) is 12.2 Å². The van der Waals surface area contributed by atoms with Crippen LogP contribution in [0.2, 0.25) is 0 Å². The summed E-state index contributed by atoms with van der Waals surface area (Å²) < 4.78 is 0.827. The summed E-state index contributed by atoms with van der Waals surface area (Å²) in [4.78, 5) is 16.3. The van der Waals surface area contributed by atoms with Crippen molar-refractivity contribution in [1.82, 2.24) is 0 Å². The van der Waals surface area contributed by atoms with Crippen molar-refractivity contribution in [2.45, 2.75) is 33.2 Å². The summed E-state index contributed by atoms with van der Waals surface area (Å²) in [6.07, 6.45) is 2.36. The third kappa shape index (κ3) is 4.12. The topological polar surface area (TPSA) is 33.5 Å². The van der Waals surface area contributed by atoms with Crippen LogP contribution in [0.4, 0.5) is 11.4 Å². The molecule has 0 unspecified atom stereocenters. The van der Waals surface area contributed by atoms with Crippen LogP contribution in [0.3, 0.4) is 0 Å². The van der Waals surface area contributed by atoms with Crippen LogP contribution in [0.15, 0.2) is 42.5 Å². The van der Waals surface area contributed by atoms with Crippen LogP contribution < -0.4 is 5.32 Å². The van der Waals surface area contributed by atoms with Gasteiger partial charge in [0.25, 0.3) is 5.91 Å². The number of anilines is 1. The first-order valence-electron chi connectivity index (χ1n) is 9.19. The van der Waals surface area contributed by atoms with E-state index in [4.69, 9.17) is 6.57 Å². The molecule has 4 heteroatoms. The number of hydrogen-bond acceptors (Lipinski definition) is 1. The van der Waals surface area contributed by atoms with Crippen molar-refractivity contribution in [1.29, 1.82) is 0 Å². The molecule has 0 radical (unpaired) electrons. The van der Waals surface area contributed by atoms with E-state index < -0.39 is 0 Å². The fraction of sp³-hybridized carbons (Fsp3) is 0.364. The van der Waals surface area contributed by atoms with Crippen LogP contribution in [0, 0.1) is 20.4 Å². The summed E-state index contributed by atoms with van der Waals surface area (Å²) in [5, 5.41) is 3.11. The van der Waals surface area contributed by atoms with Crippen molar-refractivity contribution in [3.05, 3.63) is 70.6 Å². The second-order valence-electron chi connectivity index (χ2n) is 7.41. The molecule has 1 amide bonds. The molecular weight excluding hydrogens is 322 g/mol. The summed E-state index contributed by atoms with van der Waals surface area (Å²) in [7, 11) is 0. The minimum Gasteiger partial charge on any atom is -0.321 e. The molecule has 1 saturated heterocycles. The van der Waals surface area contributed by atoms with Crippen LogP contribution in [0.5, 0.6) is 0 Å². The number of quaternary nitrogens is 1. The molecule has 1 heterocycles. The van der Waals surface area contributed by atoms with Gasteiger partial charge in [-0.1, -0.05) is 42.5 Å². The van der Waals surface area contributed by atoms with Crippen LogP contribution in [0.25, 0.3) is 4.85 Å². The molecule has 0 bridgehead atoms. The van der Waals surface area contributed by atoms with Crippen molar-refractivity contribution >= 4 is 17.3 Å². The van der Waals surface area contributed by atoms with Crippen molar-refractivity contribution in [3.63, 3.8) is 0 Å². The van der Waals surface area contributed by atoms with E-state index in [2.05, 4.69) is 34.4 Å². The van der Waals surface area contributed by atoms with Gasteiger partial charge in [0, 0.05) is 24.1 Å². The highest BCUT2D eigenvalue weighted by Crippen LogP contribution is 2.28. The van der Waals surface area contributed by atoms with Crippen molar-refractivity contribution in [2.24, 2.45) is 0 Å². The van der Waals surface area contributed by atoms with Gasteiger partial charge < -0.3 is 9.80 Å². The molecule has 0 saturated carbocycles. The number of aryl methyl sites for hydroxylation is 2. The zero-order chi connectivity index (χ0) is 18.6. The first-order chi connectivity index (χ1) is 12.5. The molecule has 1 fully saturated rings. The summed E-state index contributed by atoms with van der Waals surface area (Å²) in [6.45, 7) is 14.6. The van der Waals surface area contributed by atoms with E-state index in [1.807, 2.05) is 32.0 Å². The molecular formula is C22H26N3O+. The van der Waals surface area contributed by atoms with E-state index in [1.165, 1.54) is 18.4 Å². The van der Waals surface area contributed by atoms with Gasteiger partial charge >= 0.3 is 0 Å². The van der Waals surface area contributed by atoms with Gasteiger partial charge in [-0.15, -0.1) is 0 Å². The Morgan fingerprint density at radius 2 is 1.73 bits per heavy atom. The average Bonchev–Trinajstić information content (AvgIpc) is 3.06. The lowest BCUT2D eigenvalue weighted by Gasteiger charge is -2.33. The summed E-state index contributed by atoms with van der Waals surface area (Å²) in [5.74, 6) is 0.0598. The number of nitrogens with zero attached hydrogens (tertiary/aromatic N) is 2. The molecule has 0 aliphatic carbocycles. The molecule has 4 nitrogen and oxygen atoms in total. The largest absolute Gasteiger partial charge is 0.321 e. The molecule has 2 aromatic rings. The summed E-state index contributed by atoms with van der Waals surface area (Å²) >= 11 is 0. The maximum absolute atomic E-state index is 12.8. The Bertz CT molecular complexity index is 807. The smallest absolute Gasteiger partial charge is 0.279 e. The van der Waals surface area contributed by atoms with Gasteiger partial charge in [0.05, 0.1) is 19.7 Å². The summed E-state index contributed by atoms with van der Waals surface area (Å²) in [5.41, 5.74) is 4.64. The monoisotopic (exact) mass is 348 g/mol. The minimum absolute atomic E-state index is 0.0598. The Labute approximate surface area is 155 Å². The first kappa shape index (κ1) is 18.2. The van der Waals surface area contributed by atoms with Gasteiger partial charge in [-0.25, -0.2) is 4.85 Å². The van der Waals surface area contributed by atoms with Crippen molar-refractivity contribution in [2.75, 3.05) is 25.0 Å².